The number of methoxy groups -OCH3 is 1. The fraction of sp³-hybridized carbons (Fsp3) is 0.480. The molecule has 0 saturated carbocycles. The highest BCUT2D eigenvalue weighted by Crippen LogP contribution is 2.43. The molecule has 30 heavy (non-hydrogen) atoms. The first kappa shape index (κ1) is 20.9. The maximum atomic E-state index is 13.5. The second kappa shape index (κ2) is 8.38. The van der Waals surface area contributed by atoms with E-state index in [1.54, 1.807) is 19.2 Å². The highest BCUT2D eigenvalue weighted by molar-refractivity contribution is 5.94. The summed E-state index contributed by atoms with van der Waals surface area (Å²) in [6.07, 6.45) is 4.21. The number of fused-ring (bicyclic) bond motifs is 2. The number of ether oxygens (including phenoxy) is 1. The van der Waals surface area contributed by atoms with Gasteiger partial charge < -0.3 is 10.1 Å². The Hall–Kier alpha value is -2.40. The molecule has 2 bridgehead atoms. The van der Waals surface area contributed by atoms with Crippen molar-refractivity contribution in [3.63, 3.8) is 0 Å². The number of amides is 1. The summed E-state index contributed by atoms with van der Waals surface area (Å²) in [6, 6.07) is 11.6. The SMILES string of the molecule is COc1ccc(C(C)N2C3CCC2CC(NC(=O)c2cccc(F)c2)C3)c(C)c1C. The third kappa shape index (κ3) is 3.83. The molecule has 0 spiro atoms. The minimum absolute atomic E-state index is 0.139. The number of carbonyl (C=O) groups excluding carboxylic acids is 1. The second-order valence-corrected chi connectivity index (χ2v) is 8.77. The van der Waals surface area contributed by atoms with Crippen LogP contribution >= 0.6 is 0 Å². The minimum atomic E-state index is -0.378. The molecule has 3 unspecified atom stereocenters. The van der Waals surface area contributed by atoms with Crippen LogP contribution in [0.15, 0.2) is 36.4 Å². The van der Waals surface area contributed by atoms with Gasteiger partial charge >= 0.3 is 0 Å². The van der Waals surface area contributed by atoms with Gasteiger partial charge in [0, 0.05) is 29.7 Å². The molecule has 1 N–H and O–H groups in total. The molecule has 2 aromatic carbocycles. The molecular weight excluding hydrogens is 379 g/mol. The van der Waals surface area contributed by atoms with Gasteiger partial charge in [-0.05, 0) is 87.4 Å². The number of rotatable bonds is 5. The van der Waals surface area contributed by atoms with E-state index in [2.05, 4.69) is 43.1 Å². The van der Waals surface area contributed by atoms with Crippen molar-refractivity contribution in [3.8, 4) is 5.75 Å². The first-order valence-electron chi connectivity index (χ1n) is 10.9. The molecule has 160 valence electrons. The van der Waals surface area contributed by atoms with Crippen LogP contribution in [0, 0.1) is 19.7 Å². The summed E-state index contributed by atoms with van der Waals surface area (Å²) in [5, 5.41) is 3.15. The summed E-state index contributed by atoms with van der Waals surface area (Å²) in [5.74, 6) is 0.378. The lowest BCUT2D eigenvalue weighted by Gasteiger charge is -2.43. The normalized spacial score (nSPS) is 24.5. The number of hydrogen-bond donors (Lipinski definition) is 1. The minimum Gasteiger partial charge on any atom is -0.496 e. The van der Waals surface area contributed by atoms with Crippen LogP contribution in [-0.2, 0) is 0 Å². The van der Waals surface area contributed by atoms with Gasteiger partial charge in [-0.2, -0.15) is 0 Å². The first-order valence-corrected chi connectivity index (χ1v) is 10.9. The van der Waals surface area contributed by atoms with Crippen LogP contribution in [-0.4, -0.2) is 36.0 Å². The zero-order valence-electron chi connectivity index (χ0n) is 18.2. The molecule has 2 aromatic rings. The molecule has 2 fully saturated rings. The Morgan fingerprint density at radius 2 is 1.83 bits per heavy atom. The average molecular weight is 411 g/mol. The van der Waals surface area contributed by atoms with Crippen LogP contribution in [0.5, 0.6) is 5.75 Å². The number of benzene rings is 2. The van der Waals surface area contributed by atoms with Crippen LogP contribution in [0.25, 0.3) is 0 Å². The van der Waals surface area contributed by atoms with Crippen LogP contribution in [0.4, 0.5) is 4.39 Å². The summed E-state index contributed by atoms with van der Waals surface area (Å²) in [7, 11) is 1.72. The van der Waals surface area contributed by atoms with Gasteiger partial charge in [0.2, 0.25) is 0 Å². The molecular formula is C25H31FN2O2. The number of carbonyl (C=O) groups is 1. The van der Waals surface area contributed by atoms with Gasteiger partial charge in [0.25, 0.3) is 5.91 Å². The second-order valence-electron chi connectivity index (χ2n) is 8.77. The van der Waals surface area contributed by atoms with E-state index < -0.39 is 0 Å². The van der Waals surface area contributed by atoms with E-state index in [1.807, 2.05) is 0 Å². The Labute approximate surface area is 178 Å². The van der Waals surface area contributed by atoms with E-state index in [0.29, 0.717) is 23.7 Å². The summed E-state index contributed by atoms with van der Waals surface area (Å²) in [5.41, 5.74) is 4.24. The van der Waals surface area contributed by atoms with Crippen molar-refractivity contribution in [1.82, 2.24) is 10.2 Å². The predicted molar refractivity (Wildman–Crippen MR) is 116 cm³/mol. The fourth-order valence-electron chi connectivity index (χ4n) is 5.51. The largest absolute Gasteiger partial charge is 0.496 e. The number of halogens is 1. The standard InChI is InChI=1S/C25H31FN2O2/c1-15-16(2)24(30-4)11-10-23(15)17(3)28-21-8-9-22(28)14-20(13-21)27-25(29)18-6-5-7-19(26)12-18/h5-7,10-12,17,20-22H,8-9,13-14H2,1-4H3,(H,27,29). The molecule has 1 amide bonds. The number of piperidine rings is 1. The molecule has 2 aliphatic rings. The molecule has 0 aliphatic carbocycles. The zero-order valence-corrected chi connectivity index (χ0v) is 18.2. The molecule has 5 heteroatoms. The van der Waals surface area contributed by atoms with Gasteiger partial charge in [-0.1, -0.05) is 12.1 Å². The third-order valence-electron chi connectivity index (χ3n) is 7.11. The van der Waals surface area contributed by atoms with Crippen LogP contribution in [0.3, 0.4) is 0 Å². The summed E-state index contributed by atoms with van der Waals surface area (Å²) < 4.78 is 18.9. The Morgan fingerprint density at radius 3 is 2.47 bits per heavy atom. The molecule has 4 rings (SSSR count). The van der Waals surface area contributed by atoms with Gasteiger partial charge in [0.15, 0.2) is 0 Å². The maximum Gasteiger partial charge on any atom is 0.251 e. The topological polar surface area (TPSA) is 41.6 Å². The van der Waals surface area contributed by atoms with Crippen molar-refractivity contribution in [2.75, 3.05) is 7.11 Å². The quantitative estimate of drug-likeness (QED) is 0.759. The van der Waals surface area contributed by atoms with Gasteiger partial charge in [-0.15, -0.1) is 0 Å². The number of nitrogens with zero attached hydrogens (tertiary/aromatic N) is 1. The lowest BCUT2D eigenvalue weighted by Crippen LogP contribution is -2.51. The lowest BCUT2D eigenvalue weighted by atomic mass is 9.91. The highest BCUT2D eigenvalue weighted by Gasteiger charge is 2.43. The third-order valence-corrected chi connectivity index (χ3v) is 7.11. The van der Waals surface area contributed by atoms with E-state index >= 15 is 0 Å². The average Bonchev–Trinajstić information content (AvgIpc) is 3.00. The van der Waals surface area contributed by atoms with Gasteiger partial charge in [-0.25, -0.2) is 4.39 Å². The van der Waals surface area contributed by atoms with Crippen LogP contribution < -0.4 is 10.1 Å². The molecule has 2 heterocycles. The smallest absolute Gasteiger partial charge is 0.251 e. The molecule has 2 saturated heterocycles. The van der Waals surface area contributed by atoms with Crippen molar-refractivity contribution in [1.29, 1.82) is 0 Å². The molecule has 0 radical (unpaired) electrons. The van der Waals surface area contributed by atoms with Crippen molar-refractivity contribution >= 4 is 5.91 Å². The van der Waals surface area contributed by atoms with Crippen molar-refractivity contribution < 1.29 is 13.9 Å². The fourth-order valence-corrected chi connectivity index (χ4v) is 5.51. The maximum absolute atomic E-state index is 13.5. The van der Waals surface area contributed by atoms with Crippen LogP contribution in [0.2, 0.25) is 0 Å². The molecule has 3 atom stereocenters. The van der Waals surface area contributed by atoms with Gasteiger partial charge in [0.05, 0.1) is 7.11 Å². The number of hydrogen-bond acceptors (Lipinski definition) is 3. The Bertz CT molecular complexity index is 931. The van der Waals surface area contributed by atoms with E-state index in [9.17, 15) is 9.18 Å². The zero-order chi connectivity index (χ0) is 21.4. The van der Waals surface area contributed by atoms with Crippen molar-refractivity contribution in [2.45, 2.75) is 70.6 Å². The van der Waals surface area contributed by atoms with E-state index in [4.69, 9.17) is 4.74 Å². The van der Waals surface area contributed by atoms with E-state index in [0.717, 1.165) is 31.4 Å². The van der Waals surface area contributed by atoms with Gasteiger partial charge in [0.1, 0.15) is 11.6 Å². The van der Waals surface area contributed by atoms with E-state index in [1.165, 1.54) is 28.8 Å². The molecule has 0 aromatic heterocycles. The Morgan fingerprint density at radius 1 is 1.13 bits per heavy atom. The Kier molecular flexibility index (Phi) is 5.83. The summed E-state index contributed by atoms with van der Waals surface area (Å²) in [6.45, 7) is 6.59. The summed E-state index contributed by atoms with van der Waals surface area (Å²) in [4.78, 5) is 15.2. The van der Waals surface area contributed by atoms with Crippen LogP contribution in [0.1, 0.15) is 65.7 Å². The highest BCUT2D eigenvalue weighted by atomic mass is 19.1. The van der Waals surface area contributed by atoms with Crippen molar-refractivity contribution in [2.24, 2.45) is 0 Å². The number of nitrogens with one attached hydrogen (secondary N) is 1. The molecule has 4 nitrogen and oxygen atoms in total. The first-order chi connectivity index (χ1) is 14.4. The lowest BCUT2D eigenvalue weighted by molar-refractivity contribution is 0.0689. The van der Waals surface area contributed by atoms with Gasteiger partial charge in [-0.3, -0.25) is 9.69 Å². The van der Waals surface area contributed by atoms with Crippen molar-refractivity contribution in [3.05, 3.63) is 64.5 Å². The van der Waals surface area contributed by atoms with E-state index in [-0.39, 0.29) is 17.8 Å². The Balaban J connectivity index is 1.47. The summed E-state index contributed by atoms with van der Waals surface area (Å²) >= 11 is 0. The predicted octanol–water partition coefficient (Wildman–Crippen LogP) is 4.94. The monoisotopic (exact) mass is 410 g/mol. The molecule has 2 aliphatic heterocycles.